The van der Waals surface area contributed by atoms with Gasteiger partial charge in [0.05, 0.1) is 23.6 Å². The van der Waals surface area contributed by atoms with Crippen LogP contribution in [0, 0.1) is 6.92 Å². The number of carbonyl (C=O) groups excluding carboxylic acids is 1. The number of hydrogen-bond acceptors (Lipinski definition) is 5. The van der Waals surface area contributed by atoms with E-state index < -0.39 is 9.84 Å². The molecule has 2 saturated heterocycles. The Labute approximate surface area is 97.7 Å². The molecule has 1 N–H and O–H groups in total. The molecule has 7 nitrogen and oxygen atoms in total. The number of aromatic nitrogens is 1. The number of anilines is 1. The zero-order valence-corrected chi connectivity index (χ0v) is 9.90. The average Bonchev–Trinajstić information content (AvgIpc) is 2.78. The maximum atomic E-state index is 11.7. The molecule has 0 spiro atoms. The molecule has 0 unspecified atom stereocenters. The third-order valence-corrected chi connectivity index (χ3v) is 4.76. The molecule has 2 fully saturated rings. The van der Waals surface area contributed by atoms with Crippen molar-refractivity contribution in [2.75, 3.05) is 16.4 Å². The largest absolute Gasteiger partial charge is 0.360 e. The number of fused-ring (bicyclic) bond motifs is 1. The maximum absolute atomic E-state index is 11.7. The molecule has 0 saturated carbocycles. The van der Waals surface area contributed by atoms with E-state index in [0.29, 0.717) is 11.6 Å². The zero-order valence-electron chi connectivity index (χ0n) is 9.08. The molecular formula is C9H11N3O4S. The van der Waals surface area contributed by atoms with Crippen LogP contribution in [-0.2, 0) is 9.84 Å². The topological polar surface area (TPSA) is 92.5 Å². The first-order valence-electron chi connectivity index (χ1n) is 5.20. The van der Waals surface area contributed by atoms with Crippen LogP contribution in [0.1, 0.15) is 5.76 Å². The van der Waals surface area contributed by atoms with Crippen molar-refractivity contribution < 1.29 is 17.7 Å². The minimum atomic E-state index is -3.08. The highest BCUT2D eigenvalue weighted by atomic mass is 32.2. The van der Waals surface area contributed by atoms with Crippen LogP contribution in [0.5, 0.6) is 0 Å². The van der Waals surface area contributed by atoms with Crippen molar-refractivity contribution in [1.29, 1.82) is 0 Å². The van der Waals surface area contributed by atoms with E-state index in [9.17, 15) is 13.2 Å². The van der Waals surface area contributed by atoms with Crippen LogP contribution >= 0.6 is 0 Å². The first-order chi connectivity index (χ1) is 7.96. The fourth-order valence-electron chi connectivity index (χ4n) is 2.34. The van der Waals surface area contributed by atoms with E-state index in [1.165, 1.54) is 4.90 Å². The molecule has 2 atom stereocenters. The maximum Gasteiger partial charge on any atom is 0.323 e. The van der Waals surface area contributed by atoms with E-state index in [2.05, 4.69) is 10.5 Å². The number of aryl methyl sites for hydroxylation is 1. The third-order valence-electron chi connectivity index (χ3n) is 3.04. The van der Waals surface area contributed by atoms with Crippen LogP contribution in [0.15, 0.2) is 10.6 Å². The Morgan fingerprint density at radius 2 is 2.29 bits per heavy atom. The van der Waals surface area contributed by atoms with Crippen molar-refractivity contribution in [3.8, 4) is 0 Å². The summed E-state index contributed by atoms with van der Waals surface area (Å²) in [7, 11) is -3.08. The monoisotopic (exact) mass is 257 g/mol. The quantitative estimate of drug-likeness (QED) is 0.696. The van der Waals surface area contributed by atoms with E-state index in [-0.39, 0.29) is 29.6 Å². The number of carbonyl (C=O) groups is 1. The summed E-state index contributed by atoms with van der Waals surface area (Å²) in [6, 6.07) is 0.581. The van der Waals surface area contributed by atoms with Crippen LogP contribution in [-0.4, -0.2) is 43.2 Å². The molecule has 1 aromatic rings. The summed E-state index contributed by atoms with van der Waals surface area (Å²) in [4.78, 5) is 13.1. The molecule has 0 aliphatic carbocycles. The molecule has 2 aliphatic rings. The van der Waals surface area contributed by atoms with Crippen LogP contribution < -0.4 is 10.2 Å². The van der Waals surface area contributed by atoms with E-state index in [1.807, 2.05) is 0 Å². The fraction of sp³-hybridized carbons (Fsp3) is 0.556. The summed E-state index contributed by atoms with van der Waals surface area (Å²) < 4.78 is 27.9. The number of hydrogen-bond donors (Lipinski definition) is 1. The molecule has 0 radical (unpaired) electrons. The van der Waals surface area contributed by atoms with Crippen molar-refractivity contribution in [2.24, 2.45) is 0 Å². The highest BCUT2D eigenvalue weighted by molar-refractivity contribution is 7.91. The van der Waals surface area contributed by atoms with Gasteiger partial charge in [-0.2, -0.15) is 0 Å². The van der Waals surface area contributed by atoms with Gasteiger partial charge in [0, 0.05) is 6.07 Å². The molecule has 0 aromatic carbocycles. The minimum absolute atomic E-state index is 0.00323. The van der Waals surface area contributed by atoms with Crippen LogP contribution in [0.3, 0.4) is 0 Å². The van der Waals surface area contributed by atoms with Crippen molar-refractivity contribution >= 4 is 21.7 Å². The van der Waals surface area contributed by atoms with Crippen LogP contribution in [0.2, 0.25) is 0 Å². The van der Waals surface area contributed by atoms with Gasteiger partial charge in [-0.1, -0.05) is 5.16 Å². The molecule has 8 heteroatoms. The van der Waals surface area contributed by atoms with Crippen molar-refractivity contribution in [2.45, 2.75) is 19.0 Å². The van der Waals surface area contributed by atoms with Gasteiger partial charge in [-0.3, -0.25) is 4.90 Å². The molecule has 0 bridgehead atoms. The number of nitrogens with one attached hydrogen (secondary N) is 1. The Balaban J connectivity index is 1.97. The summed E-state index contributed by atoms with van der Waals surface area (Å²) in [5.41, 5.74) is 0. The van der Waals surface area contributed by atoms with Gasteiger partial charge in [-0.25, -0.2) is 13.2 Å². The number of sulfone groups is 1. The Morgan fingerprint density at radius 1 is 1.53 bits per heavy atom. The van der Waals surface area contributed by atoms with Gasteiger partial charge in [0.25, 0.3) is 0 Å². The van der Waals surface area contributed by atoms with Gasteiger partial charge in [0.2, 0.25) is 0 Å². The van der Waals surface area contributed by atoms with Gasteiger partial charge in [-0.05, 0) is 6.92 Å². The van der Waals surface area contributed by atoms with E-state index in [1.54, 1.807) is 13.0 Å². The van der Waals surface area contributed by atoms with E-state index in [4.69, 9.17) is 4.52 Å². The number of rotatable bonds is 1. The first kappa shape index (κ1) is 10.6. The summed E-state index contributed by atoms with van der Waals surface area (Å²) in [5.74, 6) is 0.917. The lowest BCUT2D eigenvalue weighted by molar-refractivity contribution is 0.250. The Hall–Kier alpha value is -1.57. The first-order valence-corrected chi connectivity index (χ1v) is 7.02. The zero-order chi connectivity index (χ0) is 12.2. The summed E-state index contributed by atoms with van der Waals surface area (Å²) in [5, 5.41) is 6.41. The predicted molar refractivity (Wildman–Crippen MR) is 58.5 cm³/mol. The van der Waals surface area contributed by atoms with Crippen LogP contribution in [0.4, 0.5) is 10.6 Å². The van der Waals surface area contributed by atoms with Gasteiger partial charge >= 0.3 is 6.03 Å². The lowest BCUT2D eigenvalue weighted by Gasteiger charge is -2.17. The molecule has 3 heterocycles. The molecule has 2 aliphatic heterocycles. The third kappa shape index (κ3) is 1.59. The SMILES string of the molecule is Cc1cc(N2C(=O)N[C@@H]3CS(=O)(=O)C[C@H]32)no1. The molecular weight excluding hydrogens is 246 g/mol. The summed E-state index contributed by atoms with van der Waals surface area (Å²) in [6.07, 6.45) is 0. The Morgan fingerprint density at radius 3 is 2.94 bits per heavy atom. The van der Waals surface area contributed by atoms with Crippen molar-refractivity contribution in [3.63, 3.8) is 0 Å². The van der Waals surface area contributed by atoms with Gasteiger partial charge < -0.3 is 9.84 Å². The van der Waals surface area contributed by atoms with Gasteiger partial charge in [-0.15, -0.1) is 0 Å². The number of amides is 2. The van der Waals surface area contributed by atoms with Gasteiger partial charge in [0.1, 0.15) is 5.76 Å². The lowest BCUT2D eigenvalue weighted by Crippen LogP contribution is -2.37. The molecule has 3 rings (SSSR count). The van der Waals surface area contributed by atoms with Crippen molar-refractivity contribution in [1.82, 2.24) is 10.5 Å². The van der Waals surface area contributed by atoms with Gasteiger partial charge in [0.15, 0.2) is 15.7 Å². The Kier molecular flexibility index (Phi) is 2.00. The highest BCUT2D eigenvalue weighted by Crippen LogP contribution is 2.28. The second-order valence-corrected chi connectivity index (χ2v) is 6.52. The van der Waals surface area contributed by atoms with Crippen molar-refractivity contribution in [3.05, 3.63) is 11.8 Å². The minimum Gasteiger partial charge on any atom is -0.360 e. The number of nitrogens with zero attached hydrogens (tertiary/aromatic N) is 2. The normalized spacial score (nSPS) is 30.4. The fourth-order valence-corrected chi connectivity index (χ4v) is 4.23. The van der Waals surface area contributed by atoms with Crippen LogP contribution in [0.25, 0.3) is 0 Å². The second kappa shape index (κ2) is 3.22. The average molecular weight is 257 g/mol. The highest BCUT2D eigenvalue weighted by Gasteiger charge is 2.50. The van der Waals surface area contributed by atoms with E-state index >= 15 is 0 Å². The second-order valence-electron chi connectivity index (χ2n) is 4.37. The molecule has 17 heavy (non-hydrogen) atoms. The lowest BCUT2D eigenvalue weighted by atomic mass is 10.2. The number of urea groups is 1. The standard InChI is InChI=1S/C9H11N3O4S/c1-5-2-8(11-16-5)12-7-4-17(14,15)3-6(7)10-9(12)13/h2,6-7H,3-4H2,1H3,(H,10,13)/t6-,7-/m1/s1. The predicted octanol–water partition coefficient (Wildman–Crippen LogP) is -0.322. The summed E-state index contributed by atoms with van der Waals surface area (Å²) >= 11 is 0. The molecule has 92 valence electrons. The Bertz CT molecular complexity index is 579. The van der Waals surface area contributed by atoms with E-state index in [0.717, 1.165) is 0 Å². The molecule has 2 amide bonds. The molecule has 1 aromatic heterocycles. The smallest absolute Gasteiger partial charge is 0.323 e. The summed E-state index contributed by atoms with van der Waals surface area (Å²) in [6.45, 7) is 1.72.